The Morgan fingerprint density at radius 3 is 2.42 bits per heavy atom. The number of benzene rings is 2. The lowest BCUT2D eigenvalue weighted by Crippen LogP contribution is -2.37. The second-order valence-electron chi connectivity index (χ2n) is 6.63. The van der Waals surface area contributed by atoms with Crippen molar-refractivity contribution in [1.82, 2.24) is 9.66 Å². The van der Waals surface area contributed by atoms with Gasteiger partial charge in [0.15, 0.2) is 0 Å². The van der Waals surface area contributed by atoms with E-state index in [0.717, 1.165) is 35.0 Å². The van der Waals surface area contributed by atoms with Crippen LogP contribution in [0.2, 0.25) is 0 Å². The van der Waals surface area contributed by atoms with E-state index in [1.54, 1.807) is 6.92 Å². The van der Waals surface area contributed by atoms with Gasteiger partial charge in [-0.1, -0.05) is 6.92 Å². The zero-order chi connectivity index (χ0) is 22.8. The number of alkyl halides is 3. The summed E-state index contributed by atoms with van der Waals surface area (Å²) in [6.45, 7) is 1.78. The number of ether oxygens (including phenoxy) is 1. The van der Waals surface area contributed by atoms with Crippen LogP contribution >= 0.6 is 0 Å². The van der Waals surface area contributed by atoms with Crippen LogP contribution in [0.25, 0.3) is 10.9 Å². The van der Waals surface area contributed by atoms with Gasteiger partial charge in [0.1, 0.15) is 23.2 Å². The molecule has 0 spiro atoms. The maximum absolute atomic E-state index is 13.3. The molecule has 2 aromatic carbocycles. The molecule has 1 amide bonds. The quantitative estimate of drug-likeness (QED) is 0.590. The summed E-state index contributed by atoms with van der Waals surface area (Å²) in [7, 11) is 0. The van der Waals surface area contributed by atoms with Crippen LogP contribution in [-0.2, 0) is 17.6 Å². The molecular formula is C20H16F5N3O3. The molecule has 0 radical (unpaired) electrons. The fourth-order valence-electron chi connectivity index (χ4n) is 2.98. The first-order valence-electron chi connectivity index (χ1n) is 9.12. The topological polar surface area (TPSA) is 73.2 Å². The summed E-state index contributed by atoms with van der Waals surface area (Å²) in [5.41, 5.74) is 1.65. The van der Waals surface area contributed by atoms with Crippen LogP contribution in [0.5, 0.6) is 5.75 Å². The summed E-state index contributed by atoms with van der Waals surface area (Å²) in [5, 5.41) is -0.0496. The molecule has 1 heterocycles. The number of carbonyl (C=O) groups is 1. The number of aryl methyl sites for hydroxylation is 1. The first-order valence-corrected chi connectivity index (χ1v) is 9.12. The molecule has 0 aliphatic rings. The second kappa shape index (κ2) is 8.70. The number of fused-ring (bicyclic) bond motifs is 1. The van der Waals surface area contributed by atoms with Crippen molar-refractivity contribution in [2.45, 2.75) is 32.5 Å². The molecule has 1 N–H and O–H groups in total. The van der Waals surface area contributed by atoms with E-state index in [-0.39, 0.29) is 28.7 Å². The van der Waals surface area contributed by atoms with Crippen LogP contribution < -0.4 is 15.7 Å². The van der Waals surface area contributed by atoms with Crippen molar-refractivity contribution in [3.63, 3.8) is 0 Å². The van der Waals surface area contributed by atoms with Gasteiger partial charge in [0.05, 0.1) is 17.3 Å². The largest absolute Gasteiger partial charge is 0.573 e. The third-order valence-corrected chi connectivity index (χ3v) is 4.14. The summed E-state index contributed by atoms with van der Waals surface area (Å²) in [5.74, 6) is -2.87. The van der Waals surface area contributed by atoms with E-state index in [4.69, 9.17) is 0 Å². The third-order valence-electron chi connectivity index (χ3n) is 4.14. The maximum Gasteiger partial charge on any atom is 0.573 e. The average molecular weight is 441 g/mol. The average Bonchev–Trinajstić information content (AvgIpc) is 2.62. The summed E-state index contributed by atoms with van der Waals surface area (Å²) in [6, 6.07) is 5.67. The molecule has 6 nitrogen and oxygen atoms in total. The van der Waals surface area contributed by atoms with Gasteiger partial charge in [0, 0.05) is 18.6 Å². The Kier molecular flexibility index (Phi) is 6.23. The molecule has 31 heavy (non-hydrogen) atoms. The highest BCUT2D eigenvalue weighted by Gasteiger charge is 2.31. The van der Waals surface area contributed by atoms with Gasteiger partial charge in [-0.25, -0.2) is 18.4 Å². The van der Waals surface area contributed by atoms with Crippen LogP contribution in [0.3, 0.4) is 0 Å². The number of nitrogens with one attached hydrogen (secondary N) is 1. The lowest BCUT2D eigenvalue weighted by Gasteiger charge is -2.15. The normalized spacial score (nSPS) is 11.5. The van der Waals surface area contributed by atoms with Crippen LogP contribution in [0.15, 0.2) is 41.2 Å². The number of nitrogens with zero attached hydrogens (tertiary/aromatic N) is 2. The van der Waals surface area contributed by atoms with E-state index >= 15 is 0 Å². The Morgan fingerprint density at radius 1 is 1.13 bits per heavy atom. The van der Waals surface area contributed by atoms with Crippen LogP contribution in [0.4, 0.5) is 22.0 Å². The Hall–Kier alpha value is -3.50. The standard InChI is InChI=1S/C20H16F5N3O3/c1-2-3-17-26-16-10-14(31-20(23,24)25)4-5-15(16)19(30)28(17)27-18(29)8-11-6-12(21)9-13(22)7-11/h4-7,9-10H,2-3,8H2,1H3,(H,27,29). The molecule has 0 atom stereocenters. The minimum absolute atomic E-state index is 0.0344. The summed E-state index contributed by atoms with van der Waals surface area (Å²) in [4.78, 5) is 29.4. The summed E-state index contributed by atoms with van der Waals surface area (Å²) < 4.78 is 68.7. The molecular weight excluding hydrogens is 425 g/mol. The first kappa shape index (κ1) is 22.2. The number of halogens is 5. The SMILES string of the molecule is CCCc1nc2cc(OC(F)(F)F)ccc2c(=O)n1NC(=O)Cc1cc(F)cc(F)c1. The second-order valence-corrected chi connectivity index (χ2v) is 6.63. The minimum Gasteiger partial charge on any atom is -0.406 e. The molecule has 0 aliphatic heterocycles. The highest BCUT2D eigenvalue weighted by atomic mass is 19.4. The smallest absolute Gasteiger partial charge is 0.406 e. The molecule has 0 unspecified atom stereocenters. The number of carbonyl (C=O) groups excluding carboxylic acids is 1. The van der Waals surface area contributed by atoms with Crippen LogP contribution in [0, 0.1) is 11.6 Å². The van der Waals surface area contributed by atoms with Crippen molar-refractivity contribution in [2.24, 2.45) is 0 Å². The van der Waals surface area contributed by atoms with Gasteiger partial charge < -0.3 is 4.74 Å². The number of hydrogen-bond acceptors (Lipinski definition) is 4. The number of rotatable bonds is 6. The van der Waals surface area contributed by atoms with E-state index in [2.05, 4.69) is 15.1 Å². The molecule has 164 valence electrons. The van der Waals surface area contributed by atoms with Crippen molar-refractivity contribution in [3.8, 4) is 5.75 Å². The molecule has 3 aromatic rings. The van der Waals surface area contributed by atoms with Gasteiger partial charge in [0.25, 0.3) is 5.56 Å². The van der Waals surface area contributed by atoms with E-state index in [0.29, 0.717) is 12.5 Å². The van der Waals surface area contributed by atoms with Crippen molar-refractivity contribution >= 4 is 16.8 Å². The predicted molar refractivity (Wildman–Crippen MR) is 101 cm³/mol. The predicted octanol–water partition coefficient (Wildman–Crippen LogP) is 3.84. The molecule has 0 saturated heterocycles. The van der Waals surface area contributed by atoms with Gasteiger partial charge in [0.2, 0.25) is 5.91 Å². The molecule has 0 bridgehead atoms. The highest BCUT2D eigenvalue weighted by molar-refractivity contribution is 5.86. The van der Waals surface area contributed by atoms with Crippen molar-refractivity contribution in [1.29, 1.82) is 0 Å². The van der Waals surface area contributed by atoms with Gasteiger partial charge in [-0.15, -0.1) is 13.2 Å². The Balaban J connectivity index is 1.95. The number of amides is 1. The van der Waals surface area contributed by atoms with Gasteiger partial charge >= 0.3 is 6.36 Å². The zero-order valence-electron chi connectivity index (χ0n) is 16.1. The van der Waals surface area contributed by atoms with Crippen molar-refractivity contribution < 1.29 is 31.5 Å². The molecule has 11 heteroatoms. The summed E-state index contributed by atoms with van der Waals surface area (Å²) >= 11 is 0. The molecule has 0 saturated carbocycles. The fraction of sp³-hybridized carbons (Fsp3) is 0.250. The monoisotopic (exact) mass is 441 g/mol. The van der Waals surface area contributed by atoms with Gasteiger partial charge in [-0.2, -0.15) is 0 Å². The fourth-order valence-corrected chi connectivity index (χ4v) is 2.98. The van der Waals surface area contributed by atoms with E-state index < -0.39 is 41.6 Å². The maximum atomic E-state index is 13.3. The van der Waals surface area contributed by atoms with Gasteiger partial charge in [-0.05, 0) is 36.2 Å². The number of aromatic nitrogens is 2. The minimum atomic E-state index is -4.90. The van der Waals surface area contributed by atoms with Crippen LogP contribution in [-0.4, -0.2) is 21.9 Å². The van der Waals surface area contributed by atoms with E-state index in [1.807, 2.05) is 0 Å². The van der Waals surface area contributed by atoms with Crippen molar-refractivity contribution in [3.05, 3.63) is 69.8 Å². The molecule has 0 fully saturated rings. The Morgan fingerprint density at radius 2 is 1.81 bits per heavy atom. The highest BCUT2D eigenvalue weighted by Crippen LogP contribution is 2.25. The molecule has 0 aliphatic carbocycles. The number of hydrogen-bond donors (Lipinski definition) is 1. The molecule has 3 rings (SSSR count). The Labute approximate surface area is 172 Å². The van der Waals surface area contributed by atoms with Gasteiger partial charge in [-0.3, -0.25) is 15.0 Å². The van der Waals surface area contributed by atoms with Crippen molar-refractivity contribution in [2.75, 3.05) is 5.43 Å². The van der Waals surface area contributed by atoms with E-state index in [9.17, 15) is 31.5 Å². The van der Waals surface area contributed by atoms with E-state index in [1.165, 1.54) is 0 Å². The first-order chi connectivity index (χ1) is 14.6. The lowest BCUT2D eigenvalue weighted by molar-refractivity contribution is -0.274. The molecule has 1 aromatic heterocycles. The third kappa shape index (κ3) is 5.56. The Bertz CT molecular complexity index is 1170. The zero-order valence-corrected chi connectivity index (χ0v) is 16.1. The van der Waals surface area contributed by atoms with Crippen LogP contribution in [0.1, 0.15) is 24.7 Å². The summed E-state index contributed by atoms with van der Waals surface area (Å²) in [6.07, 6.45) is -4.57. The lowest BCUT2D eigenvalue weighted by atomic mass is 10.1.